The molecule has 0 bridgehead atoms. The summed E-state index contributed by atoms with van der Waals surface area (Å²) in [5.41, 5.74) is 10.7. The average molecular weight is 703 g/mol. The summed E-state index contributed by atoms with van der Waals surface area (Å²) < 4.78 is 0. The molecule has 0 N–H and O–H groups in total. The molecule has 40 heavy (non-hydrogen) atoms. The van der Waals surface area contributed by atoms with Crippen molar-refractivity contribution in [3.63, 3.8) is 0 Å². The van der Waals surface area contributed by atoms with Crippen LogP contribution in [0.15, 0.2) is 103 Å². The van der Waals surface area contributed by atoms with E-state index in [4.69, 9.17) is 0 Å². The molecule has 0 saturated carbocycles. The molecule has 0 aliphatic rings. The minimum absolute atomic E-state index is 0. The molecule has 2 nitrogen and oxygen atoms in total. The monoisotopic (exact) mass is 703 g/mol. The van der Waals surface area contributed by atoms with Gasteiger partial charge in [0.2, 0.25) is 0 Å². The van der Waals surface area contributed by atoms with Crippen LogP contribution < -0.4 is 0 Å². The second kappa shape index (κ2) is 14.3. The van der Waals surface area contributed by atoms with Gasteiger partial charge in [0, 0.05) is 32.5 Å². The molecule has 2 heterocycles. The van der Waals surface area contributed by atoms with Crippen molar-refractivity contribution in [1.29, 1.82) is 0 Å². The standard InChI is InChI=1S/C24H26N.C13H12N.Ir/c1-18(20-9-6-5-7-10-20)21-11-8-12-22(16-21)23-15-19(13-14-25-23)17-24(2,3)4;1-10-3-6-12(7-4-10)13-8-5-11(2)9-14-13;/h5-11,13-16,18H,17H2,1-4H3;3-6,8-9H,1-2H3;/q2*-1;. The van der Waals surface area contributed by atoms with Crippen LogP contribution in [0.1, 0.15) is 61.4 Å². The van der Waals surface area contributed by atoms with Crippen molar-refractivity contribution in [3.05, 3.63) is 143 Å². The topological polar surface area (TPSA) is 25.8 Å². The number of nitrogens with zero attached hydrogens (tertiary/aromatic N) is 2. The average Bonchev–Trinajstić information content (AvgIpc) is 2.94. The fourth-order valence-electron chi connectivity index (χ4n) is 4.47. The SMILES string of the molecule is CC(c1ccccc1)c1cc[c-]c(-c2cc(CC(C)(C)C)ccn2)c1.Cc1c[c-]c(-c2ccc(C)cn2)cc1.[Ir]. The van der Waals surface area contributed by atoms with E-state index in [1.165, 1.54) is 27.8 Å². The van der Waals surface area contributed by atoms with Crippen LogP contribution in [0, 0.1) is 31.4 Å². The molecule has 5 rings (SSSR count). The number of rotatable bonds is 5. The van der Waals surface area contributed by atoms with Gasteiger partial charge in [0.05, 0.1) is 0 Å². The molecular formula is C37H38IrN2-2. The van der Waals surface area contributed by atoms with Gasteiger partial charge in [0.1, 0.15) is 0 Å². The fraction of sp³-hybridized carbons (Fsp3) is 0.243. The molecule has 0 amide bonds. The molecule has 1 atom stereocenters. The summed E-state index contributed by atoms with van der Waals surface area (Å²) in [7, 11) is 0. The van der Waals surface area contributed by atoms with E-state index in [0.29, 0.717) is 5.92 Å². The molecule has 1 unspecified atom stereocenters. The number of benzene rings is 3. The molecule has 0 aliphatic heterocycles. The Labute approximate surface area is 254 Å². The van der Waals surface area contributed by atoms with E-state index in [1.807, 2.05) is 43.6 Å². The molecule has 5 aromatic rings. The normalized spacial score (nSPS) is 11.6. The predicted molar refractivity (Wildman–Crippen MR) is 164 cm³/mol. The number of hydrogen-bond donors (Lipinski definition) is 0. The molecule has 0 saturated heterocycles. The van der Waals surface area contributed by atoms with Crippen LogP contribution in [0.3, 0.4) is 0 Å². The summed E-state index contributed by atoms with van der Waals surface area (Å²) in [4.78, 5) is 8.93. The second-order valence-electron chi connectivity index (χ2n) is 11.5. The second-order valence-corrected chi connectivity index (χ2v) is 11.5. The third kappa shape index (κ3) is 9.08. The van der Waals surface area contributed by atoms with E-state index in [2.05, 4.69) is 123 Å². The molecule has 0 spiro atoms. The molecule has 0 fully saturated rings. The van der Waals surface area contributed by atoms with Gasteiger partial charge < -0.3 is 9.97 Å². The van der Waals surface area contributed by atoms with Gasteiger partial charge in [-0.05, 0) is 53.3 Å². The van der Waals surface area contributed by atoms with Crippen molar-refractivity contribution in [1.82, 2.24) is 9.97 Å². The van der Waals surface area contributed by atoms with E-state index >= 15 is 0 Å². The Kier molecular flexibility index (Phi) is 11.1. The van der Waals surface area contributed by atoms with Gasteiger partial charge in [-0.25, -0.2) is 0 Å². The van der Waals surface area contributed by atoms with Crippen LogP contribution in [-0.4, -0.2) is 9.97 Å². The Balaban J connectivity index is 0.000000250. The number of aryl methyl sites for hydroxylation is 2. The van der Waals surface area contributed by atoms with Crippen LogP contribution in [0.2, 0.25) is 0 Å². The maximum absolute atomic E-state index is 4.58. The smallest absolute Gasteiger partial charge is 0.0190 e. The van der Waals surface area contributed by atoms with Gasteiger partial charge in [0.15, 0.2) is 0 Å². The summed E-state index contributed by atoms with van der Waals surface area (Å²) in [6, 6.07) is 38.1. The fourth-order valence-corrected chi connectivity index (χ4v) is 4.47. The van der Waals surface area contributed by atoms with E-state index in [-0.39, 0.29) is 25.5 Å². The quantitative estimate of drug-likeness (QED) is 0.171. The zero-order valence-corrected chi connectivity index (χ0v) is 26.7. The molecular weight excluding hydrogens is 665 g/mol. The minimum Gasteiger partial charge on any atom is -0.305 e. The zero-order valence-electron chi connectivity index (χ0n) is 24.3. The third-order valence-corrected chi connectivity index (χ3v) is 6.62. The molecule has 2 aromatic heterocycles. The predicted octanol–water partition coefficient (Wildman–Crippen LogP) is 9.45. The van der Waals surface area contributed by atoms with Crippen molar-refractivity contribution >= 4 is 0 Å². The van der Waals surface area contributed by atoms with Crippen molar-refractivity contribution < 1.29 is 20.1 Å². The summed E-state index contributed by atoms with van der Waals surface area (Å²) in [5, 5.41) is 0. The molecule has 1 radical (unpaired) electrons. The van der Waals surface area contributed by atoms with Crippen molar-refractivity contribution in [3.8, 4) is 22.5 Å². The van der Waals surface area contributed by atoms with E-state index < -0.39 is 0 Å². The number of aromatic nitrogens is 2. The van der Waals surface area contributed by atoms with E-state index in [9.17, 15) is 0 Å². The zero-order chi connectivity index (χ0) is 27.8. The molecule has 3 heteroatoms. The summed E-state index contributed by atoms with van der Waals surface area (Å²) in [5.74, 6) is 0.354. The summed E-state index contributed by atoms with van der Waals surface area (Å²) in [6.45, 7) is 13.1. The number of hydrogen-bond acceptors (Lipinski definition) is 2. The summed E-state index contributed by atoms with van der Waals surface area (Å²) >= 11 is 0. The van der Waals surface area contributed by atoms with Gasteiger partial charge in [-0.15, -0.1) is 70.8 Å². The van der Waals surface area contributed by atoms with Crippen molar-refractivity contribution in [2.75, 3.05) is 0 Å². The minimum atomic E-state index is 0. The Morgan fingerprint density at radius 2 is 1.48 bits per heavy atom. The van der Waals surface area contributed by atoms with E-state index in [0.717, 1.165) is 28.9 Å². The van der Waals surface area contributed by atoms with Gasteiger partial charge in [-0.2, -0.15) is 0 Å². The first-order valence-electron chi connectivity index (χ1n) is 13.6. The van der Waals surface area contributed by atoms with Gasteiger partial charge in [0.25, 0.3) is 0 Å². The van der Waals surface area contributed by atoms with Crippen LogP contribution in [0.4, 0.5) is 0 Å². The molecule has 3 aromatic carbocycles. The largest absolute Gasteiger partial charge is 0.305 e. The Morgan fingerprint density at radius 1 is 0.725 bits per heavy atom. The van der Waals surface area contributed by atoms with Gasteiger partial charge in [-0.1, -0.05) is 88.7 Å². The van der Waals surface area contributed by atoms with Crippen LogP contribution in [-0.2, 0) is 26.5 Å². The van der Waals surface area contributed by atoms with Crippen LogP contribution in [0.25, 0.3) is 22.5 Å². The molecule has 207 valence electrons. The Hall–Kier alpha value is -3.39. The maximum Gasteiger partial charge on any atom is 0.0190 e. The van der Waals surface area contributed by atoms with E-state index in [1.54, 1.807) is 0 Å². The van der Waals surface area contributed by atoms with Crippen molar-refractivity contribution in [2.45, 2.75) is 53.9 Å². The Bertz CT molecular complexity index is 1420. The van der Waals surface area contributed by atoms with Crippen LogP contribution >= 0.6 is 0 Å². The molecule has 0 aliphatic carbocycles. The third-order valence-electron chi connectivity index (χ3n) is 6.62. The van der Waals surface area contributed by atoms with Crippen LogP contribution in [0.5, 0.6) is 0 Å². The van der Waals surface area contributed by atoms with Crippen molar-refractivity contribution in [2.24, 2.45) is 5.41 Å². The Morgan fingerprint density at radius 3 is 2.12 bits per heavy atom. The van der Waals surface area contributed by atoms with Gasteiger partial charge >= 0.3 is 0 Å². The summed E-state index contributed by atoms with van der Waals surface area (Å²) in [6.07, 6.45) is 4.84. The maximum atomic E-state index is 4.58. The van der Waals surface area contributed by atoms with Gasteiger partial charge in [-0.3, -0.25) is 0 Å². The first-order valence-corrected chi connectivity index (χ1v) is 13.6. The number of pyridine rings is 2. The first kappa shape index (κ1) is 31.1. The first-order chi connectivity index (χ1) is 18.7.